The first-order valence-corrected chi connectivity index (χ1v) is 9.70. The summed E-state index contributed by atoms with van der Waals surface area (Å²) in [6, 6.07) is 4.35. The van der Waals surface area contributed by atoms with Crippen molar-refractivity contribution in [1.82, 2.24) is 4.90 Å². The van der Waals surface area contributed by atoms with Gasteiger partial charge in [0.25, 0.3) is 0 Å². The molecule has 1 amide bonds. The van der Waals surface area contributed by atoms with Gasteiger partial charge in [0.15, 0.2) is 23.0 Å². The average molecular weight is 400 g/mol. The minimum atomic E-state index is -2.44. The number of aromatic hydroxyl groups is 1. The van der Waals surface area contributed by atoms with Gasteiger partial charge in [-0.15, -0.1) is 0 Å². The van der Waals surface area contributed by atoms with Crippen molar-refractivity contribution >= 4 is 23.3 Å². The van der Waals surface area contributed by atoms with Crippen molar-refractivity contribution in [2.45, 2.75) is 30.9 Å². The molecule has 0 bridgehead atoms. The fraction of sp³-hybridized carbons (Fsp3) is 0.524. The van der Waals surface area contributed by atoms with E-state index in [1.807, 2.05) is 0 Å². The van der Waals surface area contributed by atoms with E-state index in [2.05, 4.69) is 0 Å². The summed E-state index contributed by atoms with van der Waals surface area (Å²) in [5.41, 5.74) is 3.68. The van der Waals surface area contributed by atoms with Crippen molar-refractivity contribution in [3.05, 3.63) is 29.3 Å². The summed E-state index contributed by atoms with van der Waals surface area (Å²) in [5.74, 6) is -7.10. The molecule has 4 N–H and O–H groups in total. The van der Waals surface area contributed by atoms with Gasteiger partial charge in [-0.25, -0.2) is 0 Å². The number of hydrogen-bond donors (Lipinski definition) is 3. The molecule has 1 aromatic rings. The van der Waals surface area contributed by atoms with Crippen LogP contribution in [0.1, 0.15) is 28.8 Å². The van der Waals surface area contributed by atoms with Crippen molar-refractivity contribution in [2.24, 2.45) is 29.4 Å². The van der Waals surface area contributed by atoms with E-state index < -0.39 is 52.7 Å². The summed E-state index contributed by atoms with van der Waals surface area (Å²) in [6.45, 7) is 0. The zero-order chi connectivity index (χ0) is 21.2. The quantitative estimate of drug-likeness (QED) is 0.579. The van der Waals surface area contributed by atoms with Gasteiger partial charge in [0.05, 0.1) is 11.5 Å². The Labute approximate surface area is 167 Å². The molecule has 154 valence electrons. The number of benzene rings is 1. The van der Waals surface area contributed by atoms with Gasteiger partial charge in [-0.1, -0.05) is 12.1 Å². The smallest absolute Gasteiger partial charge is 0.228 e. The number of fused-ring (bicyclic) bond motifs is 3. The van der Waals surface area contributed by atoms with Gasteiger partial charge in [-0.3, -0.25) is 19.2 Å². The Kier molecular flexibility index (Phi) is 4.40. The van der Waals surface area contributed by atoms with Crippen molar-refractivity contribution in [1.29, 1.82) is 0 Å². The molecule has 2 saturated carbocycles. The van der Waals surface area contributed by atoms with Gasteiger partial charge < -0.3 is 20.8 Å². The Hall–Kier alpha value is -2.58. The number of nitrogens with zero attached hydrogens (tertiary/aromatic N) is 1. The topological polar surface area (TPSA) is 138 Å². The highest BCUT2D eigenvalue weighted by Gasteiger charge is 2.66. The number of phenols is 1. The monoisotopic (exact) mass is 400 g/mol. The Morgan fingerprint density at radius 1 is 1.17 bits per heavy atom. The van der Waals surface area contributed by atoms with E-state index in [4.69, 9.17) is 5.73 Å². The second kappa shape index (κ2) is 6.47. The Bertz CT molecular complexity index is 941. The molecule has 0 radical (unpaired) electrons. The van der Waals surface area contributed by atoms with Crippen LogP contribution in [0.5, 0.6) is 5.75 Å². The number of hydrogen-bond acceptors (Lipinski definition) is 7. The van der Waals surface area contributed by atoms with Crippen LogP contribution in [0.2, 0.25) is 0 Å². The van der Waals surface area contributed by atoms with Gasteiger partial charge >= 0.3 is 0 Å². The van der Waals surface area contributed by atoms with Crippen LogP contribution in [0.4, 0.5) is 0 Å². The second-order valence-electron chi connectivity index (χ2n) is 8.68. The third-order valence-electron chi connectivity index (χ3n) is 7.00. The average Bonchev–Trinajstić information content (AvgIpc) is 2.64. The molecule has 29 heavy (non-hydrogen) atoms. The Morgan fingerprint density at radius 3 is 2.48 bits per heavy atom. The van der Waals surface area contributed by atoms with Crippen LogP contribution in [-0.2, 0) is 20.8 Å². The van der Waals surface area contributed by atoms with Crippen molar-refractivity contribution in [3.63, 3.8) is 0 Å². The van der Waals surface area contributed by atoms with E-state index in [0.717, 1.165) is 0 Å². The number of nitrogens with two attached hydrogens (primary N) is 1. The van der Waals surface area contributed by atoms with Crippen molar-refractivity contribution < 1.29 is 29.4 Å². The normalized spacial score (nSPS) is 36.4. The van der Waals surface area contributed by atoms with Gasteiger partial charge in [0.1, 0.15) is 11.7 Å². The molecular formula is C21H24N2O6. The molecule has 0 saturated heterocycles. The maximum Gasteiger partial charge on any atom is 0.228 e. The van der Waals surface area contributed by atoms with Crippen LogP contribution < -0.4 is 5.73 Å². The SMILES string of the molecule is CN(C)[C@@H]1CC(C(N)=O)C(=O)[C@@]2(O)C(=O)C3C(=O)c4c(O)cccc4CC3CC12. The molecule has 0 heterocycles. The molecule has 6 atom stereocenters. The number of aliphatic hydroxyl groups is 1. The second-order valence-corrected chi connectivity index (χ2v) is 8.68. The number of ketones is 3. The maximum absolute atomic E-state index is 13.5. The number of amides is 1. The molecule has 0 aromatic heterocycles. The molecule has 1 aromatic carbocycles. The first-order chi connectivity index (χ1) is 13.6. The lowest BCUT2D eigenvalue weighted by atomic mass is 9.52. The summed E-state index contributed by atoms with van der Waals surface area (Å²) in [6.07, 6.45) is 0.810. The van der Waals surface area contributed by atoms with Crippen molar-refractivity contribution in [2.75, 3.05) is 14.1 Å². The Morgan fingerprint density at radius 2 is 1.86 bits per heavy atom. The highest BCUT2D eigenvalue weighted by atomic mass is 16.3. The molecule has 4 rings (SSSR count). The third-order valence-corrected chi connectivity index (χ3v) is 7.00. The highest BCUT2D eigenvalue weighted by molar-refractivity contribution is 6.25. The summed E-state index contributed by atoms with van der Waals surface area (Å²) in [7, 11) is 3.52. The van der Waals surface area contributed by atoms with Crippen LogP contribution in [0, 0.1) is 23.7 Å². The number of carbonyl (C=O) groups excluding carboxylic acids is 4. The molecule has 8 heteroatoms. The molecule has 4 unspecified atom stereocenters. The summed E-state index contributed by atoms with van der Waals surface area (Å²) >= 11 is 0. The zero-order valence-electron chi connectivity index (χ0n) is 16.3. The lowest BCUT2D eigenvalue weighted by Gasteiger charge is -2.53. The maximum atomic E-state index is 13.5. The molecule has 8 nitrogen and oxygen atoms in total. The Balaban J connectivity index is 1.83. The van der Waals surface area contributed by atoms with E-state index in [1.54, 1.807) is 31.1 Å². The number of primary amides is 1. The van der Waals surface area contributed by atoms with Crippen molar-refractivity contribution in [3.8, 4) is 5.75 Å². The number of rotatable bonds is 2. The number of Topliss-reactive ketones (excluding diaryl/α,β-unsaturated/α-hetero) is 3. The summed E-state index contributed by atoms with van der Waals surface area (Å²) < 4.78 is 0. The van der Waals surface area contributed by atoms with Crippen LogP contribution in [-0.4, -0.2) is 64.1 Å². The molecule has 0 spiro atoms. The van der Waals surface area contributed by atoms with E-state index >= 15 is 0 Å². The van der Waals surface area contributed by atoms with Crippen LogP contribution in [0.15, 0.2) is 18.2 Å². The number of carbonyl (C=O) groups is 4. The van der Waals surface area contributed by atoms with E-state index in [-0.39, 0.29) is 30.1 Å². The zero-order valence-corrected chi connectivity index (χ0v) is 16.3. The van der Waals surface area contributed by atoms with E-state index in [0.29, 0.717) is 12.0 Å². The van der Waals surface area contributed by atoms with Gasteiger partial charge in [-0.05, 0) is 50.9 Å². The lowest BCUT2D eigenvalue weighted by molar-refractivity contribution is -0.179. The molecular weight excluding hydrogens is 376 g/mol. The predicted molar refractivity (Wildman–Crippen MR) is 101 cm³/mol. The fourth-order valence-electron chi connectivity index (χ4n) is 5.61. The first kappa shape index (κ1) is 19.7. The third kappa shape index (κ3) is 2.59. The van der Waals surface area contributed by atoms with Crippen LogP contribution in [0.3, 0.4) is 0 Å². The molecule has 3 aliphatic rings. The number of phenolic OH excluding ortho intramolecular Hbond substituents is 1. The summed E-state index contributed by atoms with van der Waals surface area (Å²) in [4.78, 5) is 53.3. The minimum Gasteiger partial charge on any atom is -0.507 e. The standard InChI is InChI=1S/C21H24N2O6/c1-23(2)13-8-11(20(22)28)18(26)21(29)12(13)7-10-6-9-4-3-5-14(24)15(9)17(25)16(10)19(21)27/h3-5,10-13,16,24,29H,6-8H2,1-2H3,(H2,22,28)/t10?,11?,12?,13-,16?,21-/m1/s1. The molecule has 0 aliphatic heterocycles. The summed E-state index contributed by atoms with van der Waals surface area (Å²) in [5, 5.41) is 21.5. The predicted octanol–water partition coefficient (Wildman–Crippen LogP) is -0.312. The molecule has 3 aliphatic carbocycles. The van der Waals surface area contributed by atoms with Gasteiger partial charge in [0, 0.05) is 12.0 Å². The largest absolute Gasteiger partial charge is 0.507 e. The van der Waals surface area contributed by atoms with Crippen LogP contribution in [0.25, 0.3) is 0 Å². The highest BCUT2D eigenvalue weighted by Crippen LogP contribution is 2.51. The molecule has 2 fully saturated rings. The van der Waals surface area contributed by atoms with Gasteiger partial charge in [0.2, 0.25) is 5.91 Å². The van der Waals surface area contributed by atoms with Crippen LogP contribution >= 0.6 is 0 Å². The van der Waals surface area contributed by atoms with Gasteiger partial charge in [-0.2, -0.15) is 0 Å². The first-order valence-electron chi connectivity index (χ1n) is 9.70. The fourth-order valence-corrected chi connectivity index (χ4v) is 5.61. The van der Waals surface area contributed by atoms with E-state index in [9.17, 15) is 29.4 Å². The minimum absolute atomic E-state index is 0.0722. The lowest BCUT2D eigenvalue weighted by Crippen LogP contribution is -2.71. The van der Waals surface area contributed by atoms with E-state index in [1.165, 1.54) is 6.07 Å².